The van der Waals surface area contributed by atoms with Gasteiger partial charge < -0.3 is 9.47 Å². The van der Waals surface area contributed by atoms with Gasteiger partial charge in [0.2, 0.25) is 5.78 Å². The number of Topliss-reactive ketones (excluding diaryl/α,β-unsaturated/α-hetero) is 1. The molecule has 0 fully saturated rings. The third kappa shape index (κ3) is 3.77. The summed E-state index contributed by atoms with van der Waals surface area (Å²) >= 11 is 0. The average Bonchev–Trinajstić information content (AvgIpc) is 2.38. The molecule has 0 radical (unpaired) electrons. The van der Waals surface area contributed by atoms with E-state index in [0.717, 1.165) is 0 Å². The Morgan fingerprint density at radius 3 is 2.58 bits per heavy atom. The number of benzene rings is 1. The molecule has 0 saturated carbocycles. The van der Waals surface area contributed by atoms with Crippen LogP contribution < -0.4 is 4.74 Å². The maximum Gasteiger partial charge on any atom is 0.374 e. The van der Waals surface area contributed by atoms with Crippen LogP contribution in [0.15, 0.2) is 18.2 Å². The Kier molecular flexibility index (Phi) is 4.99. The van der Waals surface area contributed by atoms with Crippen LogP contribution in [0.4, 0.5) is 5.69 Å². The summed E-state index contributed by atoms with van der Waals surface area (Å²) < 4.78 is 9.47. The Morgan fingerprint density at radius 1 is 1.37 bits per heavy atom. The van der Waals surface area contributed by atoms with Gasteiger partial charge in [-0.1, -0.05) is 0 Å². The van der Waals surface area contributed by atoms with E-state index in [2.05, 4.69) is 4.74 Å². The van der Waals surface area contributed by atoms with Crippen LogP contribution in [0, 0.1) is 10.1 Å². The molecule has 102 valence electrons. The molecule has 0 amide bonds. The lowest BCUT2D eigenvalue weighted by atomic mass is 10.1. The lowest BCUT2D eigenvalue weighted by molar-refractivity contribution is -0.385. The highest BCUT2D eigenvalue weighted by Crippen LogP contribution is 2.24. The van der Waals surface area contributed by atoms with E-state index in [1.807, 2.05) is 0 Å². The zero-order valence-corrected chi connectivity index (χ0v) is 10.5. The maximum atomic E-state index is 11.5. The zero-order valence-electron chi connectivity index (χ0n) is 10.5. The summed E-state index contributed by atoms with van der Waals surface area (Å²) in [5.74, 6) is -1.46. The van der Waals surface area contributed by atoms with Gasteiger partial charge in [0.05, 0.1) is 18.6 Å². The van der Waals surface area contributed by atoms with Crippen molar-refractivity contribution in [1.29, 1.82) is 0 Å². The fraction of sp³-hybridized carbons (Fsp3) is 0.333. The molecular weight excluding hydrogens is 254 g/mol. The third-order valence-corrected chi connectivity index (χ3v) is 2.34. The second-order valence-electron chi connectivity index (χ2n) is 3.57. The van der Waals surface area contributed by atoms with Crippen LogP contribution in [0.25, 0.3) is 0 Å². The van der Waals surface area contributed by atoms with Crippen molar-refractivity contribution in [3.05, 3.63) is 33.9 Å². The predicted molar refractivity (Wildman–Crippen MR) is 65.0 cm³/mol. The Labute approximate surface area is 109 Å². The molecule has 1 aromatic carbocycles. The molecule has 0 aliphatic rings. The lowest BCUT2D eigenvalue weighted by Gasteiger charge is -2.05. The lowest BCUT2D eigenvalue weighted by Crippen LogP contribution is -2.19. The SMILES string of the molecule is CCOC(=O)C(=O)Cc1cc(OC)ccc1[N+](=O)[O-]. The first-order valence-electron chi connectivity index (χ1n) is 5.50. The number of carbonyl (C=O) groups excluding carboxylic acids is 2. The van der Waals surface area contributed by atoms with Crippen LogP contribution in [0.1, 0.15) is 12.5 Å². The molecule has 7 nitrogen and oxygen atoms in total. The van der Waals surface area contributed by atoms with Crippen molar-refractivity contribution in [2.45, 2.75) is 13.3 Å². The largest absolute Gasteiger partial charge is 0.497 e. The number of nitrogens with zero attached hydrogens (tertiary/aromatic N) is 1. The van der Waals surface area contributed by atoms with E-state index < -0.39 is 23.1 Å². The first-order chi connectivity index (χ1) is 8.99. The van der Waals surface area contributed by atoms with Crippen LogP contribution in [-0.4, -0.2) is 30.4 Å². The molecule has 0 bridgehead atoms. The number of nitro groups is 1. The molecule has 0 saturated heterocycles. The molecule has 0 aliphatic heterocycles. The van der Waals surface area contributed by atoms with Crippen molar-refractivity contribution >= 4 is 17.4 Å². The van der Waals surface area contributed by atoms with Gasteiger partial charge in [-0.3, -0.25) is 14.9 Å². The summed E-state index contributed by atoms with van der Waals surface area (Å²) in [4.78, 5) is 33.0. The molecule has 0 atom stereocenters. The number of rotatable bonds is 6. The van der Waals surface area contributed by atoms with Crippen LogP contribution in [0.5, 0.6) is 5.75 Å². The second kappa shape index (κ2) is 6.48. The standard InChI is InChI=1S/C12H13NO6/c1-3-19-12(15)11(14)7-8-6-9(18-2)4-5-10(8)13(16)17/h4-6H,3,7H2,1-2H3. The summed E-state index contributed by atoms with van der Waals surface area (Å²) in [5.41, 5.74) is -0.124. The van der Waals surface area contributed by atoms with E-state index in [1.165, 1.54) is 25.3 Å². The number of carbonyl (C=O) groups is 2. The summed E-state index contributed by atoms with van der Waals surface area (Å²) in [6, 6.07) is 4.00. The first kappa shape index (κ1) is 14.6. The van der Waals surface area contributed by atoms with Gasteiger partial charge in [0.15, 0.2) is 0 Å². The maximum absolute atomic E-state index is 11.5. The van der Waals surface area contributed by atoms with Gasteiger partial charge in [-0.25, -0.2) is 4.79 Å². The number of methoxy groups -OCH3 is 1. The van der Waals surface area contributed by atoms with Crippen molar-refractivity contribution < 1.29 is 24.0 Å². The molecule has 7 heteroatoms. The van der Waals surface area contributed by atoms with Gasteiger partial charge >= 0.3 is 5.97 Å². The van der Waals surface area contributed by atoms with Gasteiger partial charge in [0.1, 0.15) is 5.75 Å². The molecular formula is C12H13NO6. The third-order valence-electron chi connectivity index (χ3n) is 2.34. The van der Waals surface area contributed by atoms with Crippen molar-refractivity contribution in [2.24, 2.45) is 0 Å². The van der Waals surface area contributed by atoms with Crippen molar-refractivity contribution in [2.75, 3.05) is 13.7 Å². The minimum absolute atomic E-state index is 0.0742. The Balaban J connectivity index is 3.00. The Bertz CT molecular complexity index is 511. The molecule has 0 aromatic heterocycles. The number of esters is 1. The van der Waals surface area contributed by atoms with E-state index in [9.17, 15) is 19.7 Å². The Hall–Kier alpha value is -2.44. The normalized spacial score (nSPS) is 9.79. The van der Waals surface area contributed by atoms with Gasteiger partial charge in [-0.05, 0) is 19.1 Å². The van der Waals surface area contributed by atoms with Gasteiger partial charge in [-0.15, -0.1) is 0 Å². The topological polar surface area (TPSA) is 95.7 Å². The molecule has 1 aromatic rings. The minimum atomic E-state index is -1.00. The van der Waals surface area contributed by atoms with Crippen molar-refractivity contribution in [1.82, 2.24) is 0 Å². The van der Waals surface area contributed by atoms with E-state index in [1.54, 1.807) is 6.92 Å². The smallest absolute Gasteiger partial charge is 0.374 e. The van der Waals surface area contributed by atoms with Crippen LogP contribution in [0.2, 0.25) is 0 Å². The average molecular weight is 267 g/mol. The van der Waals surface area contributed by atoms with E-state index >= 15 is 0 Å². The quantitative estimate of drug-likeness (QED) is 0.333. The van der Waals surface area contributed by atoms with Crippen LogP contribution >= 0.6 is 0 Å². The van der Waals surface area contributed by atoms with Crippen LogP contribution in [-0.2, 0) is 20.7 Å². The van der Waals surface area contributed by atoms with E-state index in [4.69, 9.17) is 4.74 Å². The number of nitro benzene ring substituents is 1. The summed E-state index contributed by atoms with van der Waals surface area (Å²) in [7, 11) is 1.40. The summed E-state index contributed by atoms with van der Waals surface area (Å²) in [5, 5.41) is 10.8. The highest BCUT2D eigenvalue weighted by atomic mass is 16.6. The molecule has 0 heterocycles. The van der Waals surface area contributed by atoms with Crippen molar-refractivity contribution in [3.63, 3.8) is 0 Å². The predicted octanol–water partition coefficient (Wildman–Crippen LogP) is 1.28. The number of hydrogen-bond acceptors (Lipinski definition) is 6. The zero-order chi connectivity index (χ0) is 14.4. The molecule has 0 N–H and O–H groups in total. The highest BCUT2D eigenvalue weighted by molar-refractivity contribution is 6.34. The first-order valence-corrected chi connectivity index (χ1v) is 5.50. The molecule has 0 spiro atoms. The van der Waals surface area contributed by atoms with Crippen molar-refractivity contribution in [3.8, 4) is 5.75 Å². The van der Waals surface area contributed by atoms with Gasteiger partial charge in [-0.2, -0.15) is 0 Å². The molecule has 0 unspecified atom stereocenters. The monoisotopic (exact) mass is 267 g/mol. The fourth-order valence-corrected chi connectivity index (χ4v) is 1.47. The Morgan fingerprint density at radius 2 is 2.05 bits per heavy atom. The molecule has 1 rings (SSSR count). The molecule has 0 aliphatic carbocycles. The number of hydrogen-bond donors (Lipinski definition) is 0. The van der Waals surface area contributed by atoms with Gasteiger partial charge in [0, 0.05) is 18.1 Å². The van der Waals surface area contributed by atoms with Gasteiger partial charge in [0.25, 0.3) is 5.69 Å². The van der Waals surface area contributed by atoms with E-state index in [-0.39, 0.29) is 17.9 Å². The minimum Gasteiger partial charge on any atom is -0.497 e. The second-order valence-corrected chi connectivity index (χ2v) is 3.57. The number of ether oxygens (including phenoxy) is 2. The molecule has 19 heavy (non-hydrogen) atoms. The van der Waals surface area contributed by atoms with E-state index in [0.29, 0.717) is 5.75 Å². The van der Waals surface area contributed by atoms with Crippen LogP contribution in [0.3, 0.4) is 0 Å². The number of ketones is 1. The highest BCUT2D eigenvalue weighted by Gasteiger charge is 2.22. The fourth-order valence-electron chi connectivity index (χ4n) is 1.47. The summed E-state index contributed by atoms with van der Waals surface area (Å²) in [6.45, 7) is 1.64. The summed E-state index contributed by atoms with van der Waals surface area (Å²) in [6.07, 6.45) is -0.396.